The highest BCUT2D eigenvalue weighted by Crippen LogP contribution is 2.24. The van der Waals surface area contributed by atoms with Crippen molar-refractivity contribution >= 4 is 33.9 Å². The molecule has 1 aromatic carbocycles. The Kier molecular flexibility index (Phi) is 2.13. The second kappa shape index (κ2) is 3.31. The second-order valence-electron chi connectivity index (χ2n) is 3.19. The molecule has 2 rings (SSSR count). The highest BCUT2D eigenvalue weighted by Gasteiger charge is 2.04. The summed E-state index contributed by atoms with van der Waals surface area (Å²) in [6.07, 6.45) is 1.97. The second-order valence-corrected chi connectivity index (χ2v) is 3.63. The van der Waals surface area contributed by atoms with Gasteiger partial charge in [0.25, 0.3) is 0 Å². The van der Waals surface area contributed by atoms with E-state index >= 15 is 0 Å². The fraction of sp³-hybridized carbons (Fsp3) is 0.100. The first-order valence-electron chi connectivity index (χ1n) is 4.31. The average Bonchev–Trinajstić information content (AvgIpc) is 2.49. The molecular formula is C10H11N3S. The molecule has 72 valence electrons. The number of rotatable bonds is 1. The van der Waals surface area contributed by atoms with Gasteiger partial charge in [-0.3, -0.25) is 0 Å². The number of benzene rings is 1. The van der Waals surface area contributed by atoms with Gasteiger partial charge in [0.15, 0.2) is 5.11 Å². The summed E-state index contributed by atoms with van der Waals surface area (Å²) in [6.45, 7) is 2.06. The standard InChI is InChI=1S/C10H11N3S/c1-6-5-12-9-7(6)3-2-4-8(9)13-10(11)14/h2-5,12H,1H3,(H3,11,13,14). The molecule has 4 heteroatoms. The Morgan fingerprint density at radius 1 is 1.50 bits per heavy atom. The lowest BCUT2D eigenvalue weighted by Gasteiger charge is -2.04. The summed E-state index contributed by atoms with van der Waals surface area (Å²) in [5, 5.41) is 4.41. The minimum atomic E-state index is 0.282. The third-order valence-electron chi connectivity index (χ3n) is 2.18. The Morgan fingerprint density at radius 2 is 2.29 bits per heavy atom. The number of nitrogens with two attached hydrogens (primary N) is 1. The smallest absolute Gasteiger partial charge is 0.168 e. The first kappa shape index (κ1) is 9.02. The van der Waals surface area contributed by atoms with Gasteiger partial charge in [-0.15, -0.1) is 0 Å². The minimum absolute atomic E-state index is 0.282. The van der Waals surface area contributed by atoms with Crippen LogP contribution in [0.3, 0.4) is 0 Å². The summed E-state index contributed by atoms with van der Waals surface area (Å²) in [7, 11) is 0. The quantitative estimate of drug-likeness (QED) is 0.625. The molecule has 0 spiro atoms. The van der Waals surface area contributed by atoms with E-state index in [0.29, 0.717) is 0 Å². The van der Waals surface area contributed by atoms with E-state index in [9.17, 15) is 0 Å². The highest BCUT2D eigenvalue weighted by atomic mass is 32.1. The molecule has 0 saturated heterocycles. The molecule has 0 fully saturated rings. The number of hydrogen-bond donors (Lipinski definition) is 3. The van der Waals surface area contributed by atoms with Crippen molar-refractivity contribution in [1.82, 2.24) is 4.98 Å². The van der Waals surface area contributed by atoms with Gasteiger partial charge in [0.1, 0.15) is 0 Å². The number of fused-ring (bicyclic) bond motifs is 1. The van der Waals surface area contributed by atoms with Crippen LogP contribution in [0.1, 0.15) is 5.56 Å². The van der Waals surface area contributed by atoms with Gasteiger partial charge in [-0.05, 0) is 30.8 Å². The van der Waals surface area contributed by atoms with E-state index in [-0.39, 0.29) is 5.11 Å². The van der Waals surface area contributed by atoms with Crippen molar-refractivity contribution in [2.45, 2.75) is 6.92 Å². The Labute approximate surface area is 87.3 Å². The van der Waals surface area contributed by atoms with Gasteiger partial charge in [-0.1, -0.05) is 12.1 Å². The molecule has 0 atom stereocenters. The van der Waals surface area contributed by atoms with Crippen LogP contribution in [-0.2, 0) is 0 Å². The number of H-pyrrole nitrogens is 1. The van der Waals surface area contributed by atoms with Crippen LogP contribution in [0.4, 0.5) is 5.69 Å². The average molecular weight is 205 g/mol. The van der Waals surface area contributed by atoms with E-state index in [2.05, 4.69) is 23.3 Å². The van der Waals surface area contributed by atoms with Gasteiger partial charge in [-0.2, -0.15) is 0 Å². The van der Waals surface area contributed by atoms with E-state index in [1.807, 2.05) is 18.3 Å². The van der Waals surface area contributed by atoms with Crippen molar-refractivity contribution in [2.75, 3.05) is 5.32 Å². The zero-order chi connectivity index (χ0) is 10.1. The summed E-state index contributed by atoms with van der Waals surface area (Å²) in [4.78, 5) is 3.18. The number of aromatic nitrogens is 1. The Morgan fingerprint density at radius 3 is 3.00 bits per heavy atom. The molecule has 3 nitrogen and oxygen atoms in total. The van der Waals surface area contributed by atoms with Crippen LogP contribution in [0.5, 0.6) is 0 Å². The monoisotopic (exact) mass is 205 g/mol. The van der Waals surface area contributed by atoms with Gasteiger partial charge >= 0.3 is 0 Å². The Hall–Kier alpha value is -1.55. The maximum atomic E-state index is 5.43. The lowest BCUT2D eigenvalue weighted by molar-refractivity contribution is 1.42. The maximum Gasteiger partial charge on any atom is 0.168 e. The molecular weight excluding hydrogens is 194 g/mol. The van der Waals surface area contributed by atoms with Crippen molar-refractivity contribution in [2.24, 2.45) is 5.73 Å². The zero-order valence-electron chi connectivity index (χ0n) is 7.79. The van der Waals surface area contributed by atoms with Crippen LogP contribution in [0, 0.1) is 6.92 Å². The van der Waals surface area contributed by atoms with E-state index < -0.39 is 0 Å². The van der Waals surface area contributed by atoms with Crippen LogP contribution >= 0.6 is 12.2 Å². The van der Waals surface area contributed by atoms with Crippen LogP contribution < -0.4 is 11.1 Å². The molecule has 0 bridgehead atoms. The maximum absolute atomic E-state index is 5.43. The fourth-order valence-corrected chi connectivity index (χ4v) is 1.64. The molecule has 1 aromatic heterocycles. The largest absolute Gasteiger partial charge is 0.376 e. The van der Waals surface area contributed by atoms with Crippen molar-refractivity contribution in [3.05, 3.63) is 30.0 Å². The number of nitrogens with one attached hydrogen (secondary N) is 2. The summed E-state index contributed by atoms with van der Waals surface area (Å²) in [5.74, 6) is 0. The van der Waals surface area contributed by atoms with E-state index in [1.54, 1.807) is 0 Å². The van der Waals surface area contributed by atoms with Gasteiger partial charge in [0.05, 0.1) is 11.2 Å². The SMILES string of the molecule is Cc1c[nH]c2c(NC(N)=S)cccc12. The predicted molar refractivity (Wildman–Crippen MR) is 63.4 cm³/mol. The van der Waals surface area contributed by atoms with Crippen LogP contribution in [0.2, 0.25) is 0 Å². The lowest BCUT2D eigenvalue weighted by atomic mass is 10.2. The summed E-state index contributed by atoms with van der Waals surface area (Å²) in [5.41, 5.74) is 8.60. The fourth-order valence-electron chi connectivity index (χ4n) is 1.53. The van der Waals surface area contributed by atoms with Gasteiger partial charge < -0.3 is 16.0 Å². The molecule has 0 amide bonds. The highest BCUT2D eigenvalue weighted by molar-refractivity contribution is 7.80. The van der Waals surface area contributed by atoms with E-state index in [1.165, 1.54) is 10.9 Å². The number of hydrogen-bond acceptors (Lipinski definition) is 1. The number of para-hydroxylation sites is 1. The number of aromatic amines is 1. The molecule has 0 aliphatic rings. The molecule has 0 unspecified atom stereocenters. The molecule has 2 aromatic rings. The van der Waals surface area contributed by atoms with Crippen molar-refractivity contribution < 1.29 is 0 Å². The molecule has 0 aliphatic heterocycles. The van der Waals surface area contributed by atoms with Gasteiger partial charge in [0.2, 0.25) is 0 Å². The zero-order valence-corrected chi connectivity index (χ0v) is 8.61. The van der Waals surface area contributed by atoms with Crippen LogP contribution in [0.15, 0.2) is 24.4 Å². The minimum Gasteiger partial charge on any atom is -0.376 e. The lowest BCUT2D eigenvalue weighted by Crippen LogP contribution is -2.18. The first-order chi connectivity index (χ1) is 6.68. The van der Waals surface area contributed by atoms with Crippen molar-refractivity contribution in [3.63, 3.8) is 0 Å². The van der Waals surface area contributed by atoms with E-state index in [0.717, 1.165) is 11.2 Å². The molecule has 0 saturated carbocycles. The predicted octanol–water partition coefficient (Wildman–Crippen LogP) is 2.13. The molecule has 4 N–H and O–H groups in total. The Bertz CT molecular complexity index is 487. The molecule has 1 heterocycles. The normalized spacial score (nSPS) is 10.4. The van der Waals surface area contributed by atoms with E-state index in [4.69, 9.17) is 18.0 Å². The van der Waals surface area contributed by atoms with Gasteiger partial charge in [-0.25, -0.2) is 0 Å². The molecule has 0 radical (unpaired) electrons. The van der Waals surface area contributed by atoms with Gasteiger partial charge in [0, 0.05) is 11.6 Å². The molecule has 0 aliphatic carbocycles. The number of anilines is 1. The Balaban J connectivity index is 2.59. The number of thiocarbonyl (C=S) groups is 1. The van der Waals surface area contributed by atoms with Crippen molar-refractivity contribution in [3.8, 4) is 0 Å². The summed E-state index contributed by atoms with van der Waals surface area (Å²) < 4.78 is 0. The number of aryl methyl sites for hydroxylation is 1. The third-order valence-corrected chi connectivity index (χ3v) is 2.28. The topological polar surface area (TPSA) is 53.8 Å². The first-order valence-corrected chi connectivity index (χ1v) is 4.72. The summed E-state index contributed by atoms with van der Waals surface area (Å²) in [6, 6.07) is 5.98. The van der Waals surface area contributed by atoms with Crippen LogP contribution in [-0.4, -0.2) is 10.1 Å². The third kappa shape index (κ3) is 1.44. The molecule has 14 heavy (non-hydrogen) atoms. The summed E-state index contributed by atoms with van der Waals surface area (Å²) >= 11 is 4.80. The van der Waals surface area contributed by atoms with Crippen LogP contribution in [0.25, 0.3) is 10.9 Å². The van der Waals surface area contributed by atoms with Crippen molar-refractivity contribution in [1.29, 1.82) is 0 Å².